The van der Waals surface area contributed by atoms with Crippen LogP contribution in [-0.2, 0) is 6.54 Å². The van der Waals surface area contributed by atoms with Gasteiger partial charge in [-0.15, -0.1) is 0 Å². The van der Waals surface area contributed by atoms with Gasteiger partial charge in [-0.3, -0.25) is 4.79 Å². The Labute approximate surface area is 138 Å². The van der Waals surface area contributed by atoms with Gasteiger partial charge in [-0.1, -0.05) is 46.9 Å². The van der Waals surface area contributed by atoms with Crippen molar-refractivity contribution in [2.24, 2.45) is 0 Å². The molecule has 0 saturated carbocycles. The number of nitrogens with zero attached hydrogens (tertiary/aromatic N) is 2. The third-order valence-corrected chi connectivity index (χ3v) is 3.56. The summed E-state index contributed by atoms with van der Waals surface area (Å²) in [7, 11) is 0. The first kappa shape index (κ1) is 16.1. The molecule has 110 valence electrons. The standard InChI is InChI=1S/C15H13Cl3N2O/c1-2-20(9-10-4-3-5-12(16)6-10)15(21)11-7-13(17)19-14(18)8-11/h3-8H,2,9H2,1H3. The van der Waals surface area contributed by atoms with Gasteiger partial charge in [0.15, 0.2) is 0 Å². The van der Waals surface area contributed by atoms with Crippen LogP contribution in [0.4, 0.5) is 0 Å². The van der Waals surface area contributed by atoms with Crippen molar-refractivity contribution >= 4 is 40.7 Å². The summed E-state index contributed by atoms with van der Waals surface area (Å²) in [5.41, 5.74) is 1.38. The average Bonchev–Trinajstić information content (AvgIpc) is 2.43. The fourth-order valence-electron chi connectivity index (χ4n) is 1.95. The van der Waals surface area contributed by atoms with E-state index in [2.05, 4.69) is 4.98 Å². The average molecular weight is 344 g/mol. The minimum Gasteiger partial charge on any atom is -0.335 e. The van der Waals surface area contributed by atoms with E-state index in [0.29, 0.717) is 23.7 Å². The number of rotatable bonds is 4. The molecule has 0 aliphatic heterocycles. The first-order valence-electron chi connectivity index (χ1n) is 6.36. The Kier molecular flexibility index (Phi) is 5.45. The molecule has 0 aliphatic rings. The Bertz CT molecular complexity index is 641. The Balaban J connectivity index is 2.22. The van der Waals surface area contributed by atoms with E-state index in [4.69, 9.17) is 34.8 Å². The summed E-state index contributed by atoms with van der Waals surface area (Å²) in [6.45, 7) is 2.93. The molecule has 1 aromatic heterocycles. The zero-order valence-electron chi connectivity index (χ0n) is 11.3. The SMILES string of the molecule is CCN(Cc1cccc(Cl)c1)C(=O)c1cc(Cl)nc(Cl)c1. The van der Waals surface area contributed by atoms with Crippen molar-refractivity contribution in [1.29, 1.82) is 0 Å². The number of hydrogen-bond acceptors (Lipinski definition) is 2. The molecule has 1 amide bonds. The second kappa shape index (κ2) is 7.12. The van der Waals surface area contributed by atoms with Gasteiger partial charge in [0.05, 0.1) is 0 Å². The molecular formula is C15H13Cl3N2O. The Morgan fingerprint density at radius 1 is 1.14 bits per heavy atom. The van der Waals surface area contributed by atoms with E-state index in [1.54, 1.807) is 11.0 Å². The highest BCUT2D eigenvalue weighted by Crippen LogP contribution is 2.18. The number of halogens is 3. The van der Waals surface area contributed by atoms with Gasteiger partial charge in [0, 0.05) is 23.7 Å². The molecule has 0 spiro atoms. The van der Waals surface area contributed by atoms with Crippen LogP contribution in [0.2, 0.25) is 15.3 Å². The highest BCUT2D eigenvalue weighted by atomic mass is 35.5. The van der Waals surface area contributed by atoms with E-state index in [0.717, 1.165) is 5.56 Å². The lowest BCUT2D eigenvalue weighted by molar-refractivity contribution is 0.0752. The summed E-state index contributed by atoms with van der Waals surface area (Å²) in [6.07, 6.45) is 0. The van der Waals surface area contributed by atoms with Crippen LogP contribution in [0.5, 0.6) is 0 Å². The maximum absolute atomic E-state index is 12.5. The van der Waals surface area contributed by atoms with Gasteiger partial charge < -0.3 is 4.90 Å². The van der Waals surface area contributed by atoms with E-state index in [1.165, 1.54) is 12.1 Å². The van der Waals surface area contributed by atoms with Crippen molar-refractivity contribution in [3.63, 3.8) is 0 Å². The van der Waals surface area contributed by atoms with E-state index in [1.807, 2.05) is 25.1 Å². The lowest BCUT2D eigenvalue weighted by Gasteiger charge is -2.21. The van der Waals surface area contributed by atoms with Crippen molar-refractivity contribution in [3.05, 3.63) is 62.9 Å². The van der Waals surface area contributed by atoms with Crippen LogP contribution < -0.4 is 0 Å². The van der Waals surface area contributed by atoms with Gasteiger partial charge >= 0.3 is 0 Å². The van der Waals surface area contributed by atoms with Crippen LogP contribution in [0, 0.1) is 0 Å². The summed E-state index contributed by atoms with van der Waals surface area (Å²) >= 11 is 17.6. The number of carbonyl (C=O) groups is 1. The maximum Gasteiger partial charge on any atom is 0.254 e. The number of amides is 1. The first-order valence-corrected chi connectivity index (χ1v) is 7.49. The topological polar surface area (TPSA) is 33.2 Å². The number of benzene rings is 1. The van der Waals surface area contributed by atoms with Gasteiger partial charge in [0.25, 0.3) is 5.91 Å². The van der Waals surface area contributed by atoms with Crippen molar-refractivity contribution < 1.29 is 4.79 Å². The number of carbonyl (C=O) groups excluding carboxylic acids is 1. The summed E-state index contributed by atoms with van der Waals surface area (Å²) in [5.74, 6) is -0.149. The molecule has 0 radical (unpaired) electrons. The van der Waals surface area contributed by atoms with Gasteiger partial charge in [-0.25, -0.2) is 4.98 Å². The van der Waals surface area contributed by atoms with Crippen molar-refractivity contribution in [1.82, 2.24) is 9.88 Å². The monoisotopic (exact) mass is 342 g/mol. The molecular weight excluding hydrogens is 331 g/mol. The molecule has 0 bridgehead atoms. The fraction of sp³-hybridized carbons (Fsp3) is 0.200. The van der Waals surface area contributed by atoms with Crippen molar-refractivity contribution in [2.45, 2.75) is 13.5 Å². The first-order chi connectivity index (χ1) is 9.99. The lowest BCUT2D eigenvalue weighted by Crippen LogP contribution is -2.30. The summed E-state index contributed by atoms with van der Waals surface area (Å²) < 4.78 is 0. The lowest BCUT2D eigenvalue weighted by atomic mass is 10.2. The molecule has 0 unspecified atom stereocenters. The van der Waals surface area contributed by atoms with E-state index in [9.17, 15) is 4.79 Å². The summed E-state index contributed by atoms with van der Waals surface area (Å²) in [4.78, 5) is 18.0. The highest BCUT2D eigenvalue weighted by molar-refractivity contribution is 6.33. The Morgan fingerprint density at radius 3 is 2.38 bits per heavy atom. The van der Waals surface area contributed by atoms with Crippen LogP contribution in [0.3, 0.4) is 0 Å². The maximum atomic E-state index is 12.5. The molecule has 6 heteroatoms. The van der Waals surface area contributed by atoms with Gasteiger partial charge in [-0.05, 0) is 36.8 Å². The largest absolute Gasteiger partial charge is 0.335 e. The summed E-state index contributed by atoms with van der Waals surface area (Å²) in [6, 6.07) is 10.4. The van der Waals surface area contributed by atoms with Crippen LogP contribution >= 0.6 is 34.8 Å². The van der Waals surface area contributed by atoms with Gasteiger partial charge in [-0.2, -0.15) is 0 Å². The van der Waals surface area contributed by atoms with Crippen LogP contribution in [-0.4, -0.2) is 22.3 Å². The smallest absolute Gasteiger partial charge is 0.254 e. The van der Waals surface area contributed by atoms with Gasteiger partial charge in [0.1, 0.15) is 10.3 Å². The normalized spacial score (nSPS) is 10.5. The van der Waals surface area contributed by atoms with Crippen LogP contribution in [0.15, 0.2) is 36.4 Å². The van der Waals surface area contributed by atoms with E-state index < -0.39 is 0 Å². The molecule has 0 atom stereocenters. The molecule has 0 saturated heterocycles. The molecule has 0 N–H and O–H groups in total. The second-order valence-corrected chi connectivity index (χ2v) is 5.66. The predicted octanol–water partition coefficient (Wildman–Crippen LogP) is 4.70. The number of pyridine rings is 1. The van der Waals surface area contributed by atoms with Crippen LogP contribution in [0.1, 0.15) is 22.8 Å². The molecule has 2 aromatic rings. The Morgan fingerprint density at radius 2 is 1.81 bits per heavy atom. The van der Waals surface area contributed by atoms with Crippen molar-refractivity contribution in [3.8, 4) is 0 Å². The molecule has 3 nitrogen and oxygen atoms in total. The van der Waals surface area contributed by atoms with Crippen molar-refractivity contribution in [2.75, 3.05) is 6.54 Å². The molecule has 21 heavy (non-hydrogen) atoms. The zero-order valence-corrected chi connectivity index (χ0v) is 13.6. The quantitative estimate of drug-likeness (QED) is 0.754. The number of hydrogen-bond donors (Lipinski definition) is 0. The predicted molar refractivity (Wildman–Crippen MR) is 86.1 cm³/mol. The number of aromatic nitrogens is 1. The minimum absolute atomic E-state index is 0.149. The zero-order chi connectivity index (χ0) is 15.4. The molecule has 0 aliphatic carbocycles. The van der Waals surface area contributed by atoms with Crippen LogP contribution in [0.25, 0.3) is 0 Å². The molecule has 1 aromatic carbocycles. The Hall–Kier alpha value is -1.29. The third kappa shape index (κ3) is 4.34. The molecule has 0 fully saturated rings. The molecule has 2 rings (SSSR count). The minimum atomic E-state index is -0.149. The van der Waals surface area contributed by atoms with E-state index >= 15 is 0 Å². The molecule has 1 heterocycles. The van der Waals surface area contributed by atoms with Gasteiger partial charge in [0.2, 0.25) is 0 Å². The van der Waals surface area contributed by atoms with E-state index in [-0.39, 0.29) is 16.2 Å². The highest BCUT2D eigenvalue weighted by Gasteiger charge is 2.16. The fourth-order valence-corrected chi connectivity index (χ4v) is 2.63. The second-order valence-electron chi connectivity index (χ2n) is 4.45. The third-order valence-electron chi connectivity index (χ3n) is 2.94. The summed E-state index contributed by atoms with van der Waals surface area (Å²) in [5, 5.41) is 1.04.